The van der Waals surface area contributed by atoms with E-state index in [1.54, 1.807) is 0 Å². The molecule has 0 spiro atoms. The Bertz CT molecular complexity index is 394. The Hall–Kier alpha value is -0.620. The van der Waals surface area contributed by atoms with Crippen molar-refractivity contribution in [3.8, 4) is 0 Å². The maximum atomic E-state index is 10.7. The van der Waals surface area contributed by atoms with Crippen LogP contribution in [0.1, 0.15) is 0 Å². The fraction of sp³-hybridized carbons (Fsp3) is 0. The summed E-state index contributed by atoms with van der Waals surface area (Å²) in [6.45, 7) is 0. The highest BCUT2D eigenvalue weighted by molar-refractivity contribution is 7.66. The van der Waals surface area contributed by atoms with Crippen LogP contribution < -0.4 is 10.9 Å². The third-order valence-corrected chi connectivity index (χ3v) is 3.15. The Morgan fingerprint density at radius 2 is 1.14 bits per heavy atom. The molecule has 10 heteroatoms. The van der Waals surface area contributed by atoms with Crippen molar-refractivity contribution >= 4 is 26.1 Å². The Balaban J connectivity index is 3.47. The highest BCUT2D eigenvalue weighted by Crippen LogP contribution is 2.38. The van der Waals surface area contributed by atoms with Crippen molar-refractivity contribution in [2.75, 3.05) is 0 Å². The second-order valence-corrected chi connectivity index (χ2v) is 5.31. The zero-order valence-corrected chi connectivity index (χ0v) is 8.34. The molecule has 0 atom stereocenters. The standard InChI is InChI=1S/C4H6N2O6P2/c7-13(8,9)3-4(14(10,11)12)6-2-1-5-3/h1-2H,(H2,7,8,9)(H2,10,11,12). The quantitative estimate of drug-likeness (QED) is 0.438. The molecule has 8 nitrogen and oxygen atoms in total. The van der Waals surface area contributed by atoms with Gasteiger partial charge in [0.1, 0.15) is 0 Å². The molecule has 0 aliphatic heterocycles. The van der Waals surface area contributed by atoms with Crippen molar-refractivity contribution in [1.29, 1.82) is 0 Å². The minimum atomic E-state index is -4.82. The van der Waals surface area contributed by atoms with E-state index in [-0.39, 0.29) is 0 Å². The number of nitrogens with zero attached hydrogens (tertiary/aromatic N) is 2. The molecule has 0 aromatic carbocycles. The lowest BCUT2D eigenvalue weighted by molar-refractivity contribution is 0.379. The summed E-state index contributed by atoms with van der Waals surface area (Å²) in [5.41, 5.74) is -1.98. The molecule has 0 radical (unpaired) electrons. The van der Waals surface area contributed by atoms with Gasteiger partial charge in [-0.15, -0.1) is 0 Å². The molecule has 1 aromatic rings. The monoisotopic (exact) mass is 240 g/mol. The van der Waals surface area contributed by atoms with Gasteiger partial charge in [0.05, 0.1) is 0 Å². The number of aromatic nitrogens is 2. The van der Waals surface area contributed by atoms with Gasteiger partial charge in [0, 0.05) is 12.4 Å². The fourth-order valence-corrected chi connectivity index (χ4v) is 2.59. The van der Waals surface area contributed by atoms with Crippen LogP contribution >= 0.6 is 15.2 Å². The lowest BCUT2D eigenvalue weighted by Crippen LogP contribution is -2.30. The molecular weight excluding hydrogens is 234 g/mol. The summed E-state index contributed by atoms with van der Waals surface area (Å²) in [5.74, 6) is 0. The summed E-state index contributed by atoms with van der Waals surface area (Å²) in [7, 11) is -9.64. The predicted molar refractivity (Wildman–Crippen MR) is 45.4 cm³/mol. The van der Waals surface area contributed by atoms with E-state index in [0.29, 0.717) is 0 Å². The van der Waals surface area contributed by atoms with E-state index in [0.717, 1.165) is 12.4 Å². The van der Waals surface area contributed by atoms with E-state index < -0.39 is 26.1 Å². The first kappa shape index (κ1) is 11.5. The first-order valence-electron chi connectivity index (χ1n) is 3.16. The van der Waals surface area contributed by atoms with Crippen LogP contribution in [0.15, 0.2) is 12.4 Å². The first-order chi connectivity index (χ1) is 6.23. The van der Waals surface area contributed by atoms with Gasteiger partial charge in [-0.1, -0.05) is 0 Å². The Kier molecular flexibility index (Phi) is 2.87. The fourth-order valence-electron chi connectivity index (χ4n) is 0.734. The van der Waals surface area contributed by atoms with E-state index in [1.165, 1.54) is 0 Å². The second-order valence-electron chi connectivity index (χ2n) is 2.29. The molecule has 14 heavy (non-hydrogen) atoms. The average Bonchev–Trinajstić information content (AvgIpc) is 2.01. The highest BCUT2D eigenvalue weighted by Gasteiger charge is 2.33. The van der Waals surface area contributed by atoms with Gasteiger partial charge in [0.2, 0.25) is 0 Å². The molecule has 1 aromatic heterocycles. The molecule has 0 aliphatic carbocycles. The van der Waals surface area contributed by atoms with Crippen molar-refractivity contribution < 1.29 is 28.7 Å². The van der Waals surface area contributed by atoms with Gasteiger partial charge in [-0.25, -0.2) is 9.97 Å². The molecule has 0 aliphatic rings. The maximum absolute atomic E-state index is 10.7. The normalized spacial score (nSPS) is 12.9. The molecule has 0 amide bonds. The summed E-state index contributed by atoms with van der Waals surface area (Å²) >= 11 is 0. The van der Waals surface area contributed by atoms with E-state index in [1.807, 2.05) is 0 Å². The van der Waals surface area contributed by atoms with Gasteiger partial charge in [-0.05, 0) is 0 Å². The Morgan fingerprint density at radius 1 is 0.857 bits per heavy atom. The van der Waals surface area contributed by atoms with Gasteiger partial charge < -0.3 is 19.6 Å². The minimum absolute atomic E-state index is 0.938. The summed E-state index contributed by atoms with van der Waals surface area (Å²) in [6, 6.07) is 0. The Morgan fingerprint density at radius 3 is 1.36 bits per heavy atom. The van der Waals surface area contributed by atoms with Crippen LogP contribution in [0.25, 0.3) is 0 Å². The Labute approximate surface area is 78.0 Å². The highest BCUT2D eigenvalue weighted by atomic mass is 31.2. The van der Waals surface area contributed by atoms with Gasteiger partial charge in [-0.3, -0.25) is 9.13 Å². The smallest absolute Gasteiger partial charge is 0.320 e. The van der Waals surface area contributed by atoms with Gasteiger partial charge in [0.15, 0.2) is 10.9 Å². The zero-order valence-electron chi connectivity index (χ0n) is 6.55. The molecule has 0 fully saturated rings. The van der Waals surface area contributed by atoms with Crippen molar-refractivity contribution in [2.24, 2.45) is 0 Å². The molecule has 4 N–H and O–H groups in total. The van der Waals surface area contributed by atoms with Crippen LogP contribution in [0.4, 0.5) is 0 Å². The van der Waals surface area contributed by atoms with E-state index in [2.05, 4.69) is 9.97 Å². The van der Waals surface area contributed by atoms with Crippen molar-refractivity contribution in [3.05, 3.63) is 12.4 Å². The molecule has 0 saturated carbocycles. The summed E-state index contributed by atoms with van der Waals surface area (Å²) in [5, 5.41) is 0. The number of rotatable bonds is 2. The SMILES string of the molecule is O=P(O)(O)c1nccnc1P(=O)(O)O. The van der Waals surface area contributed by atoms with Crippen LogP contribution in [0.3, 0.4) is 0 Å². The van der Waals surface area contributed by atoms with Crippen LogP contribution in [0.2, 0.25) is 0 Å². The van der Waals surface area contributed by atoms with Crippen molar-refractivity contribution in [2.45, 2.75) is 0 Å². The topological polar surface area (TPSA) is 141 Å². The van der Waals surface area contributed by atoms with Crippen molar-refractivity contribution in [3.63, 3.8) is 0 Å². The molecular formula is C4H6N2O6P2. The molecule has 0 unspecified atom stereocenters. The van der Waals surface area contributed by atoms with Crippen LogP contribution in [-0.2, 0) is 9.13 Å². The van der Waals surface area contributed by atoms with Gasteiger partial charge in [0.25, 0.3) is 0 Å². The minimum Gasteiger partial charge on any atom is -0.320 e. The van der Waals surface area contributed by atoms with E-state index >= 15 is 0 Å². The maximum Gasteiger partial charge on any atom is 0.377 e. The molecule has 1 heterocycles. The molecule has 78 valence electrons. The van der Waals surface area contributed by atoms with Crippen LogP contribution in [0, 0.1) is 0 Å². The average molecular weight is 240 g/mol. The number of hydrogen-bond acceptors (Lipinski definition) is 4. The third kappa shape index (κ3) is 2.45. The summed E-state index contributed by atoms with van der Waals surface area (Å²) in [6.07, 6.45) is 1.88. The lowest BCUT2D eigenvalue weighted by atomic mass is 10.8. The molecule has 0 bridgehead atoms. The van der Waals surface area contributed by atoms with Gasteiger partial charge in [-0.2, -0.15) is 0 Å². The van der Waals surface area contributed by atoms with E-state index in [4.69, 9.17) is 19.6 Å². The largest absolute Gasteiger partial charge is 0.377 e. The predicted octanol–water partition coefficient (Wildman–Crippen LogP) is -1.92. The van der Waals surface area contributed by atoms with Crippen LogP contribution in [0.5, 0.6) is 0 Å². The summed E-state index contributed by atoms with van der Waals surface area (Å²) in [4.78, 5) is 41.2. The molecule has 0 saturated heterocycles. The van der Waals surface area contributed by atoms with Crippen molar-refractivity contribution in [1.82, 2.24) is 9.97 Å². The first-order valence-corrected chi connectivity index (χ1v) is 6.38. The lowest BCUT2D eigenvalue weighted by Gasteiger charge is -2.08. The molecule has 1 rings (SSSR count). The third-order valence-electron chi connectivity index (χ3n) is 1.21. The number of hydrogen-bond donors (Lipinski definition) is 4. The second kappa shape index (κ2) is 3.51. The summed E-state index contributed by atoms with van der Waals surface area (Å²) < 4.78 is 21.5. The van der Waals surface area contributed by atoms with E-state index in [9.17, 15) is 9.13 Å². The van der Waals surface area contributed by atoms with Gasteiger partial charge >= 0.3 is 15.2 Å². The zero-order chi connectivity index (χ0) is 11.0. The van der Waals surface area contributed by atoms with Crippen LogP contribution in [-0.4, -0.2) is 29.5 Å².